The van der Waals surface area contributed by atoms with Crippen LogP contribution in [0.1, 0.15) is 42.2 Å². The number of likely N-dealkylation sites (tertiary alicyclic amines) is 1. The van der Waals surface area contributed by atoms with Crippen molar-refractivity contribution in [1.29, 1.82) is 0 Å². The predicted molar refractivity (Wildman–Crippen MR) is 92.7 cm³/mol. The van der Waals surface area contributed by atoms with E-state index in [1.165, 1.54) is 18.2 Å². The minimum absolute atomic E-state index is 0.0828. The fourth-order valence-corrected chi connectivity index (χ4v) is 4.03. The van der Waals surface area contributed by atoms with E-state index in [0.29, 0.717) is 6.54 Å². The van der Waals surface area contributed by atoms with Gasteiger partial charge in [-0.05, 0) is 36.4 Å². The average Bonchev–Trinajstić information content (AvgIpc) is 2.98. The number of anilines is 1. The van der Waals surface area contributed by atoms with Crippen LogP contribution in [0, 0.1) is 0 Å². The Kier molecular flexibility index (Phi) is 5.32. The number of alkyl halides is 3. The Morgan fingerprint density at radius 3 is 2.64 bits per heavy atom. The van der Waals surface area contributed by atoms with Gasteiger partial charge in [0.15, 0.2) is 0 Å². The summed E-state index contributed by atoms with van der Waals surface area (Å²) in [5.41, 5.74) is -1.03. The molecule has 25 heavy (non-hydrogen) atoms. The molecular formula is C18H19F3N2OS. The van der Waals surface area contributed by atoms with Crippen LogP contribution in [0.5, 0.6) is 0 Å². The van der Waals surface area contributed by atoms with Gasteiger partial charge in [0.05, 0.1) is 17.3 Å². The zero-order chi connectivity index (χ0) is 17.9. The first-order chi connectivity index (χ1) is 12.0. The summed E-state index contributed by atoms with van der Waals surface area (Å²) in [5, 5.41) is 4.43. The third kappa shape index (κ3) is 4.15. The van der Waals surface area contributed by atoms with Crippen molar-refractivity contribution >= 4 is 23.1 Å². The van der Waals surface area contributed by atoms with E-state index in [-0.39, 0.29) is 11.7 Å². The van der Waals surface area contributed by atoms with Crippen molar-refractivity contribution in [1.82, 2.24) is 4.90 Å². The molecule has 1 aliphatic rings. The number of hydrogen-bond acceptors (Lipinski definition) is 2. The number of carbonyl (C=O) groups is 1. The standard InChI is InChI=1S/C18H19F3N2OS/c19-18(20,21)13-7-3-4-8-14(13)22-17(24)23-11-5-1-2-9-15(23)16-10-6-12-25-16/h3-4,6-8,10,12,15H,1-2,5,9,11H2,(H,22,24). The molecule has 3 nitrogen and oxygen atoms in total. The second-order valence-electron chi connectivity index (χ2n) is 6.05. The largest absolute Gasteiger partial charge is 0.418 e. The van der Waals surface area contributed by atoms with E-state index in [2.05, 4.69) is 5.32 Å². The van der Waals surface area contributed by atoms with Crippen LogP contribution in [-0.2, 0) is 6.18 Å². The Morgan fingerprint density at radius 1 is 1.12 bits per heavy atom. The summed E-state index contributed by atoms with van der Waals surface area (Å²) in [6.45, 7) is 0.544. The second kappa shape index (κ2) is 7.47. The summed E-state index contributed by atoms with van der Waals surface area (Å²) in [4.78, 5) is 15.5. The summed E-state index contributed by atoms with van der Waals surface area (Å²) in [5.74, 6) is 0. The van der Waals surface area contributed by atoms with Crippen molar-refractivity contribution in [2.24, 2.45) is 0 Å². The first-order valence-electron chi connectivity index (χ1n) is 8.24. The minimum Gasteiger partial charge on any atom is -0.317 e. The third-order valence-corrected chi connectivity index (χ3v) is 5.33. The molecule has 1 aromatic heterocycles. The lowest BCUT2D eigenvalue weighted by Gasteiger charge is -2.30. The predicted octanol–water partition coefficient (Wildman–Crippen LogP) is 5.92. The van der Waals surface area contributed by atoms with E-state index in [4.69, 9.17) is 0 Å². The third-order valence-electron chi connectivity index (χ3n) is 4.36. The molecule has 0 spiro atoms. The normalized spacial score (nSPS) is 18.7. The van der Waals surface area contributed by atoms with Gasteiger partial charge in [0.2, 0.25) is 0 Å². The van der Waals surface area contributed by atoms with E-state index in [0.717, 1.165) is 36.6 Å². The molecule has 1 atom stereocenters. The maximum absolute atomic E-state index is 13.1. The number of hydrogen-bond donors (Lipinski definition) is 1. The monoisotopic (exact) mass is 368 g/mol. The molecule has 0 aliphatic carbocycles. The molecule has 0 bridgehead atoms. The summed E-state index contributed by atoms with van der Waals surface area (Å²) in [6.07, 6.45) is -0.794. The van der Waals surface area contributed by atoms with Gasteiger partial charge in [0.25, 0.3) is 0 Å². The number of thiophene rings is 1. The Bertz CT molecular complexity index is 715. The maximum Gasteiger partial charge on any atom is 0.418 e. The lowest BCUT2D eigenvalue weighted by molar-refractivity contribution is -0.136. The van der Waals surface area contributed by atoms with Gasteiger partial charge < -0.3 is 10.2 Å². The highest BCUT2D eigenvalue weighted by Crippen LogP contribution is 2.36. The van der Waals surface area contributed by atoms with Crippen LogP contribution in [0.3, 0.4) is 0 Å². The molecule has 0 radical (unpaired) electrons. The summed E-state index contributed by atoms with van der Waals surface area (Å²) in [6, 6.07) is 8.43. The molecule has 1 N–H and O–H groups in total. The lowest BCUT2D eigenvalue weighted by Crippen LogP contribution is -2.38. The number of benzene rings is 1. The number of amides is 2. The van der Waals surface area contributed by atoms with Gasteiger partial charge in [0.1, 0.15) is 0 Å². The van der Waals surface area contributed by atoms with Crippen molar-refractivity contribution in [2.75, 3.05) is 11.9 Å². The first kappa shape index (κ1) is 17.8. The molecule has 1 aliphatic heterocycles. The van der Waals surface area contributed by atoms with Gasteiger partial charge in [0, 0.05) is 11.4 Å². The molecule has 2 amide bonds. The van der Waals surface area contributed by atoms with Gasteiger partial charge >= 0.3 is 12.2 Å². The summed E-state index contributed by atoms with van der Waals surface area (Å²) >= 11 is 1.57. The van der Waals surface area contributed by atoms with Crippen LogP contribution in [-0.4, -0.2) is 17.5 Å². The molecule has 134 valence electrons. The van der Waals surface area contributed by atoms with Crippen molar-refractivity contribution in [3.63, 3.8) is 0 Å². The number of halogens is 3. The minimum atomic E-state index is -4.50. The zero-order valence-corrected chi connectivity index (χ0v) is 14.4. The molecule has 2 heterocycles. The Hall–Kier alpha value is -2.02. The van der Waals surface area contributed by atoms with E-state index in [9.17, 15) is 18.0 Å². The molecule has 2 aromatic rings. The van der Waals surface area contributed by atoms with Crippen molar-refractivity contribution < 1.29 is 18.0 Å². The highest BCUT2D eigenvalue weighted by molar-refractivity contribution is 7.10. The Balaban J connectivity index is 1.84. The lowest BCUT2D eigenvalue weighted by atomic mass is 10.1. The summed E-state index contributed by atoms with van der Waals surface area (Å²) < 4.78 is 39.4. The first-order valence-corrected chi connectivity index (χ1v) is 9.12. The number of nitrogens with zero attached hydrogens (tertiary/aromatic N) is 1. The van der Waals surface area contributed by atoms with Crippen LogP contribution in [0.4, 0.5) is 23.7 Å². The van der Waals surface area contributed by atoms with Gasteiger partial charge in [-0.15, -0.1) is 11.3 Å². The second-order valence-corrected chi connectivity index (χ2v) is 7.03. The number of rotatable bonds is 2. The molecule has 1 aromatic carbocycles. The van der Waals surface area contributed by atoms with E-state index in [1.54, 1.807) is 16.2 Å². The van der Waals surface area contributed by atoms with E-state index >= 15 is 0 Å². The summed E-state index contributed by atoms with van der Waals surface area (Å²) in [7, 11) is 0. The van der Waals surface area contributed by atoms with Gasteiger partial charge in [-0.3, -0.25) is 0 Å². The van der Waals surface area contributed by atoms with E-state index in [1.807, 2.05) is 17.5 Å². The quantitative estimate of drug-likeness (QED) is 0.701. The average molecular weight is 368 g/mol. The van der Waals surface area contributed by atoms with E-state index < -0.39 is 17.8 Å². The fourth-order valence-electron chi connectivity index (χ4n) is 3.15. The molecular weight excluding hydrogens is 349 g/mol. The molecule has 0 saturated carbocycles. The van der Waals surface area contributed by atoms with Crippen LogP contribution < -0.4 is 5.32 Å². The molecule has 1 fully saturated rings. The van der Waals surface area contributed by atoms with Crippen molar-refractivity contribution in [3.05, 3.63) is 52.2 Å². The highest BCUT2D eigenvalue weighted by atomic mass is 32.1. The fraction of sp³-hybridized carbons (Fsp3) is 0.389. The zero-order valence-electron chi connectivity index (χ0n) is 13.6. The van der Waals surface area contributed by atoms with Gasteiger partial charge in [-0.25, -0.2) is 4.79 Å². The maximum atomic E-state index is 13.1. The van der Waals surface area contributed by atoms with Crippen LogP contribution in [0.2, 0.25) is 0 Å². The smallest absolute Gasteiger partial charge is 0.317 e. The molecule has 1 saturated heterocycles. The van der Waals surface area contributed by atoms with Crippen molar-refractivity contribution in [2.45, 2.75) is 37.9 Å². The number of urea groups is 1. The molecule has 1 unspecified atom stereocenters. The Morgan fingerprint density at radius 2 is 1.92 bits per heavy atom. The SMILES string of the molecule is O=C(Nc1ccccc1C(F)(F)F)N1CCCCCC1c1cccs1. The van der Waals surface area contributed by atoms with Gasteiger partial charge in [-0.1, -0.05) is 31.0 Å². The van der Waals surface area contributed by atoms with Crippen LogP contribution in [0.15, 0.2) is 41.8 Å². The number of para-hydroxylation sites is 1. The van der Waals surface area contributed by atoms with Gasteiger partial charge in [-0.2, -0.15) is 13.2 Å². The topological polar surface area (TPSA) is 32.3 Å². The highest BCUT2D eigenvalue weighted by Gasteiger charge is 2.34. The molecule has 7 heteroatoms. The van der Waals surface area contributed by atoms with Crippen molar-refractivity contribution in [3.8, 4) is 0 Å². The molecule has 3 rings (SSSR count). The van der Waals surface area contributed by atoms with Crippen LogP contribution >= 0.6 is 11.3 Å². The number of carbonyl (C=O) groups excluding carboxylic acids is 1. The number of nitrogens with one attached hydrogen (secondary N) is 1. The van der Waals surface area contributed by atoms with Crippen LogP contribution in [0.25, 0.3) is 0 Å². The Labute approximate surface area is 148 Å².